The molecule has 0 spiro atoms. The van der Waals surface area contributed by atoms with Gasteiger partial charge in [0, 0.05) is 11.3 Å². The Balaban J connectivity index is 1.66. The molecule has 1 N–H and O–H groups in total. The van der Waals surface area contributed by atoms with Crippen molar-refractivity contribution in [1.29, 1.82) is 5.26 Å². The molecule has 136 valence electrons. The van der Waals surface area contributed by atoms with E-state index in [2.05, 4.69) is 20.9 Å². The summed E-state index contributed by atoms with van der Waals surface area (Å²) in [7, 11) is 0. The van der Waals surface area contributed by atoms with E-state index in [9.17, 15) is 10.1 Å². The monoisotopic (exact) mass is 358 g/mol. The van der Waals surface area contributed by atoms with Crippen LogP contribution in [0.1, 0.15) is 48.3 Å². The van der Waals surface area contributed by atoms with E-state index >= 15 is 0 Å². The maximum Gasteiger partial charge on any atom is 0.252 e. The first-order chi connectivity index (χ1) is 13.1. The third-order valence-electron chi connectivity index (χ3n) is 5.37. The van der Waals surface area contributed by atoms with Gasteiger partial charge in [-0.1, -0.05) is 37.5 Å². The lowest BCUT2D eigenvalue weighted by molar-refractivity contribution is 0.0903. The summed E-state index contributed by atoms with van der Waals surface area (Å²) in [6.07, 6.45) is 4.53. The second kappa shape index (κ2) is 6.88. The van der Waals surface area contributed by atoms with E-state index in [1.54, 1.807) is 0 Å². The van der Waals surface area contributed by atoms with Crippen LogP contribution in [0.3, 0.4) is 0 Å². The van der Waals surface area contributed by atoms with Gasteiger partial charge < -0.3 is 5.32 Å². The molecule has 1 amide bonds. The summed E-state index contributed by atoms with van der Waals surface area (Å²) in [5, 5.41) is 12.6. The number of fused-ring (bicyclic) bond motifs is 1. The van der Waals surface area contributed by atoms with Crippen LogP contribution in [0.15, 0.2) is 48.5 Å². The number of hydrogen-bond acceptors (Lipinski definition) is 3. The average molecular weight is 358 g/mol. The summed E-state index contributed by atoms with van der Waals surface area (Å²) < 4.78 is 2.08. The number of nitriles is 1. The molecule has 0 bridgehead atoms. The first kappa shape index (κ1) is 17.3. The maximum atomic E-state index is 12.8. The Kier molecular flexibility index (Phi) is 4.41. The number of hydrogen-bond donors (Lipinski definition) is 1. The molecule has 3 aromatic rings. The fraction of sp³-hybridized carbons (Fsp3) is 0.318. The highest BCUT2D eigenvalue weighted by Crippen LogP contribution is 2.28. The standard InChI is InChI=1S/C22H22N4O/c1-16-24-19-14-17(21(27)25-22(15-23)12-6-3-7-13-22)10-11-20(19)26(16)18-8-4-2-5-9-18/h2,4-5,8-11,14H,3,6-7,12-13H2,1H3,(H,25,27). The molecule has 27 heavy (non-hydrogen) atoms. The zero-order chi connectivity index (χ0) is 18.9. The second-order valence-electron chi connectivity index (χ2n) is 7.24. The van der Waals surface area contributed by atoms with Gasteiger partial charge >= 0.3 is 0 Å². The molecule has 2 aromatic carbocycles. The normalized spacial score (nSPS) is 16.0. The van der Waals surface area contributed by atoms with Gasteiger partial charge in [0.15, 0.2) is 0 Å². The van der Waals surface area contributed by atoms with Crippen LogP contribution in [0.4, 0.5) is 0 Å². The van der Waals surface area contributed by atoms with Crippen LogP contribution in [0.25, 0.3) is 16.7 Å². The Morgan fingerprint density at radius 2 is 1.89 bits per heavy atom. The number of para-hydroxylation sites is 1. The van der Waals surface area contributed by atoms with E-state index in [1.807, 2.05) is 55.5 Å². The van der Waals surface area contributed by atoms with Crippen LogP contribution in [-0.2, 0) is 0 Å². The van der Waals surface area contributed by atoms with Gasteiger partial charge in [-0.05, 0) is 50.1 Å². The summed E-state index contributed by atoms with van der Waals surface area (Å²) in [6.45, 7) is 1.96. The van der Waals surface area contributed by atoms with Gasteiger partial charge in [-0.2, -0.15) is 5.26 Å². The zero-order valence-electron chi connectivity index (χ0n) is 15.4. The van der Waals surface area contributed by atoms with Crippen molar-refractivity contribution >= 4 is 16.9 Å². The SMILES string of the molecule is Cc1nc2cc(C(=O)NC3(C#N)CCCCC3)ccc2n1-c1ccccc1. The van der Waals surface area contributed by atoms with Crippen LogP contribution < -0.4 is 5.32 Å². The smallest absolute Gasteiger partial charge is 0.252 e. The number of benzene rings is 2. The van der Waals surface area contributed by atoms with Gasteiger partial charge in [0.1, 0.15) is 11.4 Å². The van der Waals surface area contributed by atoms with Crippen LogP contribution in [0.2, 0.25) is 0 Å². The quantitative estimate of drug-likeness (QED) is 0.759. The lowest BCUT2D eigenvalue weighted by Crippen LogP contribution is -2.48. The Hall–Kier alpha value is -3.13. The lowest BCUT2D eigenvalue weighted by Gasteiger charge is -2.31. The van der Waals surface area contributed by atoms with E-state index in [1.165, 1.54) is 0 Å². The van der Waals surface area contributed by atoms with E-state index < -0.39 is 5.54 Å². The predicted molar refractivity (Wildman–Crippen MR) is 105 cm³/mol. The molecule has 0 unspecified atom stereocenters. The molecule has 1 aromatic heterocycles. The minimum atomic E-state index is -0.733. The van der Waals surface area contributed by atoms with Gasteiger partial charge in [-0.15, -0.1) is 0 Å². The highest BCUT2D eigenvalue weighted by Gasteiger charge is 2.33. The Labute approximate surface area is 158 Å². The summed E-state index contributed by atoms with van der Waals surface area (Å²) >= 11 is 0. The third kappa shape index (κ3) is 3.19. The van der Waals surface area contributed by atoms with E-state index in [0.29, 0.717) is 5.56 Å². The summed E-state index contributed by atoms with van der Waals surface area (Å²) in [5.41, 5.74) is 2.59. The zero-order valence-corrected chi connectivity index (χ0v) is 15.4. The molecular formula is C22H22N4O. The van der Waals surface area contributed by atoms with Crippen molar-refractivity contribution in [3.63, 3.8) is 0 Å². The van der Waals surface area contributed by atoms with Crippen molar-refractivity contribution in [2.45, 2.75) is 44.6 Å². The number of carbonyl (C=O) groups excluding carboxylic acids is 1. The van der Waals surface area contributed by atoms with Crippen molar-refractivity contribution in [1.82, 2.24) is 14.9 Å². The highest BCUT2D eigenvalue weighted by atomic mass is 16.1. The molecule has 1 aliphatic rings. The molecule has 0 atom stereocenters. The molecule has 5 nitrogen and oxygen atoms in total. The Morgan fingerprint density at radius 1 is 1.15 bits per heavy atom. The van der Waals surface area contributed by atoms with Crippen molar-refractivity contribution in [2.24, 2.45) is 0 Å². The maximum absolute atomic E-state index is 12.8. The van der Waals surface area contributed by atoms with Gasteiger partial charge in [0.25, 0.3) is 5.91 Å². The highest BCUT2D eigenvalue weighted by molar-refractivity contribution is 5.98. The number of rotatable bonds is 3. The molecule has 0 radical (unpaired) electrons. The van der Waals surface area contributed by atoms with Crippen molar-refractivity contribution in [3.05, 3.63) is 59.9 Å². The fourth-order valence-corrected chi connectivity index (χ4v) is 3.95. The van der Waals surface area contributed by atoms with Gasteiger partial charge in [-0.25, -0.2) is 4.98 Å². The molecule has 1 saturated carbocycles. The van der Waals surface area contributed by atoms with Crippen LogP contribution >= 0.6 is 0 Å². The van der Waals surface area contributed by atoms with Crippen LogP contribution in [-0.4, -0.2) is 21.0 Å². The molecule has 1 heterocycles. The number of amides is 1. The molecule has 1 fully saturated rings. The summed E-state index contributed by atoms with van der Waals surface area (Å²) in [5.74, 6) is 0.668. The summed E-state index contributed by atoms with van der Waals surface area (Å²) in [6, 6.07) is 17.9. The van der Waals surface area contributed by atoms with Crippen molar-refractivity contribution in [2.75, 3.05) is 0 Å². The second-order valence-corrected chi connectivity index (χ2v) is 7.24. The molecule has 0 aliphatic heterocycles. The van der Waals surface area contributed by atoms with E-state index in [0.717, 1.165) is 54.6 Å². The first-order valence-corrected chi connectivity index (χ1v) is 9.40. The van der Waals surface area contributed by atoms with Crippen LogP contribution in [0.5, 0.6) is 0 Å². The minimum Gasteiger partial charge on any atom is -0.334 e. The third-order valence-corrected chi connectivity index (χ3v) is 5.37. The van der Waals surface area contributed by atoms with E-state index in [-0.39, 0.29) is 5.91 Å². The Bertz CT molecular complexity index is 1020. The number of nitrogens with one attached hydrogen (secondary N) is 1. The minimum absolute atomic E-state index is 0.202. The predicted octanol–water partition coefficient (Wildman–Crippen LogP) is 4.29. The number of imidazole rings is 1. The number of carbonyl (C=O) groups is 1. The molecular weight excluding hydrogens is 336 g/mol. The number of nitrogens with zero attached hydrogens (tertiary/aromatic N) is 3. The summed E-state index contributed by atoms with van der Waals surface area (Å²) in [4.78, 5) is 17.4. The van der Waals surface area contributed by atoms with Crippen molar-refractivity contribution in [3.8, 4) is 11.8 Å². The molecule has 0 saturated heterocycles. The van der Waals surface area contributed by atoms with Crippen LogP contribution in [0, 0.1) is 18.3 Å². The average Bonchev–Trinajstić information content (AvgIpc) is 3.04. The first-order valence-electron chi connectivity index (χ1n) is 9.40. The molecule has 5 heteroatoms. The van der Waals surface area contributed by atoms with Crippen molar-refractivity contribution < 1.29 is 4.79 Å². The fourth-order valence-electron chi connectivity index (χ4n) is 3.95. The molecule has 4 rings (SSSR count). The van der Waals surface area contributed by atoms with Gasteiger partial charge in [-0.3, -0.25) is 9.36 Å². The molecule has 1 aliphatic carbocycles. The van der Waals surface area contributed by atoms with Gasteiger partial charge in [0.2, 0.25) is 0 Å². The van der Waals surface area contributed by atoms with E-state index in [4.69, 9.17) is 0 Å². The van der Waals surface area contributed by atoms with Gasteiger partial charge in [0.05, 0.1) is 17.1 Å². The Morgan fingerprint density at radius 3 is 2.59 bits per heavy atom. The number of aromatic nitrogens is 2. The number of aryl methyl sites for hydroxylation is 1. The lowest BCUT2D eigenvalue weighted by atomic mass is 9.82. The topological polar surface area (TPSA) is 70.7 Å². The largest absolute Gasteiger partial charge is 0.334 e.